The number of hydrogen-bond acceptors (Lipinski definition) is 3. The van der Waals surface area contributed by atoms with Crippen LogP contribution in [0.25, 0.3) is 22.3 Å². The minimum atomic E-state index is -0.181. The molecule has 12 rings (SSSR count). The first-order chi connectivity index (χ1) is 35.9. The second-order valence-electron chi connectivity index (χ2n) is 25.0. The van der Waals surface area contributed by atoms with Gasteiger partial charge in [0.05, 0.1) is 5.69 Å². The zero-order chi connectivity index (χ0) is 52.2. The predicted octanol–water partition coefficient (Wildman–Crippen LogP) is 17.8. The molecule has 9 aromatic carbocycles. The maximum absolute atomic E-state index is 2.69. The summed E-state index contributed by atoms with van der Waals surface area (Å²) in [7, 11) is 0. The van der Waals surface area contributed by atoms with Crippen LogP contribution in [-0.4, -0.2) is 6.71 Å². The first kappa shape index (κ1) is 48.4. The fourth-order valence-electron chi connectivity index (χ4n) is 12.4. The third-order valence-corrected chi connectivity index (χ3v) is 16.9. The normalized spacial score (nSPS) is 15.2. The predicted molar refractivity (Wildman–Crippen MR) is 323 cm³/mol. The monoisotopic (exact) mass is 976 g/mol. The Morgan fingerprint density at radius 3 is 1.49 bits per heavy atom. The van der Waals surface area contributed by atoms with Crippen molar-refractivity contribution in [3.63, 3.8) is 0 Å². The van der Waals surface area contributed by atoms with Gasteiger partial charge < -0.3 is 14.7 Å². The van der Waals surface area contributed by atoms with Crippen molar-refractivity contribution in [2.24, 2.45) is 0 Å². The molecule has 0 amide bonds. The smallest absolute Gasteiger partial charge is 0.252 e. The van der Waals surface area contributed by atoms with E-state index in [-0.39, 0.29) is 28.4 Å². The Bertz CT molecular complexity index is 3600. The Balaban J connectivity index is 1.24. The van der Waals surface area contributed by atoms with Crippen molar-refractivity contribution < 1.29 is 0 Å². The van der Waals surface area contributed by atoms with E-state index in [4.69, 9.17) is 0 Å². The topological polar surface area (TPSA) is 9.72 Å². The van der Waals surface area contributed by atoms with E-state index in [1.165, 1.54) is 101 Å². The van der Waals surface area contributed by atoms with Gasteiger partial charge in [0.1, 0.15) is 0 Å². The highest BCUT2D eigenvalue weighted by molar-refractivity contribution is 7.00. The van der Waals surface area contributed by atoms with Crippen LogP contribution in [0.15, 0.2) is 200 Å². The standard InChI is InChI=1S/C71H70BN3/c1-47-32-33-50(48-24-16-12-17-25-48)40-62(47)75-64-46-58-57(70(8,9)38-39-71(58,10)11)45-60(64)72-59-36-35-55(73(53-28-20-14-21-29-53)54-30-22-15-23-31-54)44-63(59)74(65-42-52(69(5,6)7)43-66(75)67(65)72)61-37-34-51(68(2,3)4)41-56(61)49-26-18-13-19-27-49/h12-37,40-46H,38-39H2,1-11H3. The number of nitrogens with zero attached hydrogens (tertiary/aromatic N) is 3. The van der Waals surface area contributed by atoms with Crippen molar-refractivity contribution in [3.8, 4) is 22.3 Å². The summed E-state index contributed by atoms with van der Waals surface area (Å²) in [6, 6.07) is 75.9. The summed E-state index contributed by atoms with van der Waals surface area (Å²) >= 11 is 0. The summed E-state index contributed by atoms with van der Waals surface area (Å²) in [5.74, 6) is 0. The largest absolute Gasteiger partial charge is 0.311 e. The van der Waals surface area contributed by atoms with E-state index in [0.717, 1.165) is 29.9 Å². The van der Waals surface area contributed by atoms with Gasteiger partial charge in [-0.05, 0) is 175 Å². The molecular formula is C71H70BN3. The molecule has 75 heavy (non-hydrogen) atoms. The molecule has 0 bridgehead atoms. The number of aryl methyl sites for hydroxylation is 1. The summed E-state index contributed by atoms with van der Waals surface area (Å²) in [4.78, 5) is 7.77. The van der Waals surface area contributed by atoms with E-state index >= 15 is 0 Å². The highest BCUT2D eigenvalue weighted by Crippen LogP contribution is 2.53. The minimum Gasteiger partial charge on any atom is -0.311 e. The van der Waals surface area contributed by atoms with Crippen molar-refractivity contribution in [2.75, 3.05) is 14.7 Å². The number of para-hydroxylation sites is 2. The third kappa shape index (κ3) is 8.29. The Kier molecular flexibility index (Phi) is 11.5. The van der Waals surface area contributed by atoms with Gasteiger partial charge in [0.25, 0.3) is 6.71 Å². The molecule has 0 aromatic heterocycles. The lowest BCUT2D eigenvalue weighted by Gasteiger charge is -2.48. The van der Waals surface area contributed by atoms with E-state index in [2.05, 4.69) is 291 Å². The van der Waals surface area contributed by atoms with E-state index in [9.17, 15) is 0 Å². The van der Waals surface area contributed by atoms with E-state index in [1.54, 1.807) is 0 Å². The molecule has 3 nitrogen and oxygen atoms in total. The van der Waals surface area contributed by atoms with Gasteiger partial charge in [-0.25, -0.2) is 0 Å². The molecule has 0 radical (unpaired) electrons. The Hall–Kier alpha value is -7.56. The lowest BCUT2D eigenvalue weighted by Crippen LogP contribution is -2.62. The van der Waals surface area contributed by atoms with Crippen LogP contribution >= 0.6 is 0 Å². The summed E-state index contributed by atoms with van der Waals surface area (Å²) in [5, 5.41) is 0. The zero-order valence-corrected chi connectivity index (χ0v) is 45.9. The van der Waals surface area contributed by atoms with Gasteiger partial charge in [-0.1, -0.05) is 197 Å². The molecule has 3 aliphatic rings. The zero-order valence-electron chi connectivity index (χ0n) is 45.9. The van der Waals surface area contributed by atoms with Crippen LogP contribution in [0.1, 0.15) is 110 Å². The van der Waals surface area contributed by atoms with Gasteiger partial charge in [0.2, 0.25) is 0 Å². The average Bonchev–Trinajstić information content (AvgIpc) is 3.41. The molecule has 372 valence electrons. The second kappa shape index (κ2) is 17.8. The molecule has 2 heterocycles. The van der Waals surface area contributed by atoms with Crippen molar-refractivity contribution in [3.05, 3.63) is 228 Å². The first-order valence-electron chi connectivity index (χ1n) is 27.3. The number of anilines is 9. The molecule has 0 spiro atoms. The Morgan fingerprint density at radius 2 is 0.920 bits per heavy atom. The fraction of sp³-hybridized carbons (Fsp3) is 0.239. The van der Waals surface area contributed by atoms with Gasteiger partial charge in [0.15, 0.2) is 0 Å². The Morgan fingerprint density at radius 1 is 0.400 bits per heavy atom. The molecule has 0 saturated carbocycles. The van der Waals surface area contributed by atoms with Gasteiger partial charge in [-0.3, -0.25) is 0 Å². The third-order valence-electron chi connectivity index (χ3n) is 16.9. The van der Waals surface area contributed by atoms with Crippen molar-refractivity contribution in [2.45, 2.75) is 111 Å². The summed E-state index contributed by atoms with van der Waals surface area (Å²) in [6.45, 7) is 26.3. The Labute approximate surface area is 447 Å². The van der Waals surface area contributed by atoms with E-state index in [0.29, 0.717) is 0 Å². The van der Waals surface area contributed by atoms with Gasteiger partial charge in [0, 0.05) is 51.1 Å². The minimum absolute atomic E-state index is 0.00565. The number of rotatable bonds is 7. The van der Waals surface area contributed by atoms with Crippen LogP contribution < -0.4 is 31.1 Å². The molecule has 9 aromatic rings. The number of benzene rings is 9. The number of fused-ring (bicyclic) bond motifs is 5. The maximum Gasteiger partial charge on any atom is 0.252 e. The molecule has 2 aliphatic heterocycles. The van der Waals surface area contributed by atoms with Crippen LogP contribution in [0.5, 0.6) is 0 Å². The summed E-state index contributed by atoms with van der Waals surface area (Å²) < 4.78 is 0. The summed E-state index contributed by atoms with van der Waals surface area (Å²) in [6.07, 6.45) is 2.29. The van der Waals surface area contributed by atoms with Crippen molar-refractivity contribution in [1.82, 2.24) is 0 Å². The SMILES string of the molecule is Cc1ccc(-c2ccccc2)cc1N1c2cc3c(cc2B2c4ccc(N(c5ccccc5)c5ccccc5)cc4N(c4ccc(C(C)(C)C)cc4-c4ccccc4)c4cc(C(C)(C)C)cc1c42)C(C)(C)CCC3(C)C. The lowest BCUT2D eigenvalue weighted by molar-refractivity contribution is 0.332. The molecule has 0 saturated heterocycles. The lowest BCUT2D eigenvalue weighted by atomic mass is 9.33. The molecule has 0 N–H and O–H groups in total. The van der Waals surface area contributed by atoms with E-state index < -0.39 is 0 Å². The molecule has 0 atom stereocenters. The van der Waals surface area contributed by atoms with Gasteiger partial charge in [-0.2, -0.15) is 0 Å². The molecule has 0 fully saturated rings. The molecular weight excluding hydrogens is 906 g/mol. The summed E-state index contributed by atoms with van der Waals surface area (Å²) in [5.41, 5.74) is 26.1. The molecule has 4 heteroatoms. The molecule has 0 unspecified atom stereocenters. The van der Waals surface area contributed by atoms with Crippen LogP contribution in [-0.2, 0) is 21.7 Å². The van der Waals surface area contributed by atoms with Crippen LogP contribution in [0.3, 0.4) is 0 Å². The quantitative estimate of drug-likeness (QED) is 0.147. The highest BCUT2D eigenvalue weighted by Gasteiger charge is 2.47. The van der Waals surface area contributed by atoms with Crippen LogP contribution in [0, 0.1) is 6.92 Å². The van der Waals surface area contributed by atoms with Crippen molar-refractivity contribution in [1.29, 1.82) is 0 Å². The van der Waals surface area contributed by atoms with E-state index in [1.807, 2.05) is 0 Å². The highest BCUT2D eigenvalue weighted by atomic mass is 15.2. The van der Waals surface area contributed by atoms with Crippen LogP contribution in [0.4, 0.5) is 51.2 Å². The van der Waals surface area contributed by atoms with Crippen LogP contribution in [0.2, 0.25) is 0 Å². The molecule has 1 aliphatic carbocycles. The number of hydrogen-bond donors (Lipinski definition) is 0. The second-order valence-corrected chi connectivity index (χ2v) is 25.0. The van der Waals surface area contributed by atoms with Crippen molar-refractivity contribution >= 4 is 74.3 Å². The maximum atomic E-state index is 2.69. The average molecular weight is 976 g/mol. The fourth-order valence-corrected chi connectivity index (χ4v) is 12.4. The van der Waals surface area contributed by atoms with Gasteiger partial charge >= 0.3 is 0 Å². The van der Waals surface area contributed by atoms with Gasteiger partial charge in [-0.15, -0.1) is 0 Å². The first-order valence-corrected chi connectivity index (χ1v) is 27.3.